The maximum absolute atomic E-state index is 6.28. The van der Waals surface area contributed by atoms with E-state index in [1.54, 1.807) is 0 Å². The van der Waals surface area contributed by atoms with Crippen LogP contribution in [-0.2, 0) is 6.42 Å². The van der Waals surface area contributed by atoms with Gasteiger partial charge in [0.15, 0.2) is 0 Å². The highest BCUT2D eigenvalue weighted by atomic mass is 16.5. The zero-order valence-electron chi connectivity index (χ0n) is 18.2. The maximum Gasteiger partial charge on any atom is 0.125 e. The highest BCUT2D eigenvalue weighted by Crippen LogP contribution is 2.30. The van der Waals surface area contributed by atoms with Crippen molar-refractivity contribution >= 4 is 0 Å². The molecule has 156 valence electrons. The molecule has 4 nitrogen and oxygen atoms in total. The lowest BCUT2D eigenvalue weighted by molar-refractivity contribution is 0.220. The van der Waals surface area contributed by atoms with E-state index in [0.717, 1.165) is 56.9 Å². The summed E-state index contributed by atoms with van der Waals surface area (Å²) < 4.78 is 12.6. The maximum atomic E-state index is 6.28. The highest BCUT2D eigenvalue weighted by molar-refractivity contribution is 5.48. The number of nitrogens with one attached hydrogen (secondary N) is 2. The number of benzene rings is 2. The van der Waals surface area contributed by atoms with Crippen molar-refractivity contribution in [3.05, 3.63) is 57.6 Å². The van der Waals surface area contributed by atoms with Crippen LogP contribution in [0.4, 0.5) is 0 Å². The molecule has 2 aromatic rings. The molecular weight excluding hydrogens is 360 g/mol. The van der Waals surface area contributed by atoms with Crippen molar-refractivity contribution in [3.63, 3.8) is 0 Å². The van der Waals surface area contributed by atoms with Crippen molar-refractivity contribution in [2.75, 3.05) is 26.2 Å². The second kappa shape index (κ2) is 8.76. The normalized spacial score (nSPS) is 21.5. The molecule has 2 heterocycles. The van der Waals surface area contributed by atoms with Gasteiger partial charge in [-0.2, -0.15) is 0 Å². The molecule has 0 saturated carbocycles. The first-order chi connectivity index (χ1) is 14.0. The first-order valence-electron chi connectivity index (χ1n) is 10.9. The molecule has 2 unspecified atom stereocenters. The second-order valence-electron chi connectivity index (χ2n) is 8.76. The van der Waals surface area contributed by atoms with Crippen molar-refractivity contribution in [1.29, 1.82) is 0 Å². The number of hydrogen-bond acceptors (Lipinski definition) is 4. The monoisotopic (exact) mass is 394 g/mol. The summed E-state index contributed by atoms with van der Waals surface area (Å²) in [7, 11) is 0. The molecule has 29 heavy (non-hydrogen) atoms. The molecule has 4 rings (SSSR count). The Morgan fingerprint density at radius 3 is 1.38 bits per heavy atom. The average molecular weight is 395 g/mol. The van der Waals surface area contributed by atoms with Gasteiger partial charge in [0.2, 0.25) is 0 Å². The second-order valence-corrected chi connectivity index (χ2v) is 8.76. The third kappa shape index (κ3) is 4.76. The Morgan fingerprint density at radius 2 is 1.07 bits per heavy atom. The first kappa shape index (κ1) is 20.2. The summed E-state index contributed by atoms with van der Waals surface area (Å²) in [5.41, 5.74) is 7.60. The predicted molar refractivity (Wildman–Crippen MR) is 118 cm³/mol. The van der Waals surface area contributed by atoms with E-state index in [1.807, 2.05) is 0 Å². The molecule has 0 aliphatic carbocycles. The average Bonchev–Trinajstić information content (AvgIpc) is 3.35. The first-order valence-corrected chi connectivity index (χ1v) is 10.9. The van der Waals surface area contributed by atoms with Crippen molar-refractivity contribution in [2.24, 2.45) is 0 Å². The van der Waals surface area contributed by atoms with Gasteiger partial charge in [0.05, 0.1) is 0 Å². The molecule has 2 aliphatic rings. The van der Waals surface area contributed by atoms with Gasteiger partial charge in [0.25, 0.3) is 0 Å². The number of aryl methyl sites for hydroxylation is 4. The van der Waals surface area contributed by atoms with E-state index in [1.165, 1.54) is 33.4 Å². The van der Waals surface area contributed by atoms with Gasteiger partial charge < -0.3 is 20.1 Å². The predicted octanol–water partition coefficient (Wildman–Crippen LogP) is 3.99. The van der Waals surface area contributed by atoms with Crippen molar-refractivity contribution in [3.8, 4) is 11.5 Å². The fraction of sp³-hybridized carbons (Fsp3) is 0.520. The van der Waals surface area contributed by atoms with E-state index in [0.29, 0.717) is 12.2 Å². The van der Waals surface area contributed by atoms with Gasteiger partial charge in [-0.3, -0.25) is 0 Å². The topological polar surface area (TPSA) is 42.5 Å². The molecule has 0 radical (unpaired) electrons. The largest absolute Gasteiger partial charge is 0.489 e. The summed E-state index contributed by atoms with van der Waals surface area (Å²) >= 11 is 0. The smallest absolute Gasteiger partial charge is 0.125 e. The van der Waals surface area contributed by atoms with Crippen LogP contribution in [0.2, 0.25) is 0 Å². The van der Waals surface area contributed by atoms with E-state index in [-0.39, 0.29) is 0 Å². The van der Waals surface area contributed by atoms with Crippen LogP contribution in [0.25, 0.3) is 0 Å². The Bertz CT molecular complexity index is 748. The van der Waals surface area contributed by atoms with Crippen LogP contribution in [0.3, 0.4) is 0 Å². The molecule has 0 bridgehead atoms. The molecule has 0 aromatic heterocycles. The van der Waals surface area contributed by atoms with Gasteiger partial charge in [0.1, 0.15) is 23.7 Å². The molecule has 2 N–H and O–H groups in total. The zero-order valence-corrected chi connectivity index (χ0v) is 18.2. The van der Waals surface area contributed by atoms with Crippen LogP contribution < -0.4 is 20.1 Å². The zero-order chi connectivity index (χ0) is 20.4. The Hall–Kier alpha value is -2.04. The van der Waals surface area contributed by atoms with Gasteiger partial charge >= 0.3 is 0 Å². The molecule has 2 aromatic carbocycles. The van der Waals surface area contributed by atoms with Crippen LogP contribution >= 0.6 is 0 Å². The van der Waals surface area contributed by atoms with Crippen LogP contribution in [0.15, 0.2) is 24.3 Å². The minimum absolute atomic E-state index is 0.297. The molecule has 0 amide bonds. The van der Waals surface area contributed by atoms with Gasteiger partial charge in [0, 0.05) is 13.1 Å². The highest BCUT2D eigenvalue weighted by Gasteiger charge is 2.20. The van der Waals surface area contributed by atoms with Crippen LogP contribution in [0.5, 0.6) is 11.5 Å². The van der Waals surface area contributed by atoms with Crippen molar-refractivity contribution in [2.45, 2.75) is 59.2 Å². The molecule has 2 fully saturated rings. The third-order valence-electron chi connectivity index (χ3n) is 6.05. The van der Waals surface area contributed by atoms with E-state index < -0.39 is 0 Å². The number of hydrogen-bond donors (Lipinski definition) is 2. The Labute approximate surface area is 175 Å². The quantitative estimate of drug-likeness (QED) is 0.777. The van der Waals surface area contributed by atoms with E-state index >= 15 is 0 Å². The number of ether oxygens (including phenoxy) is 2. The Morgan fingerprint density at radius 1 is 0.690 bits per heavy atom. The molecule has 2 saturated heterocycles. The van der Waals surface area contributed by atoms with E-state index in [4.69, 9.17) is 9.47 Å². The van der Waals surface area contributed by atoms with Gasteiger partial charge in [-0.15, -0.1) is 0 Å². The molecule has 4 heteroatoms. The lowest BCUT2D eigenvalue weighted by Gasteiger charge is -2.19. The van der Waals surface area contributed by atoms with Crippen molar-refractivity contribution < 1.29 is 9.47 Å². The van der Waals surface area contributed by atoms with E-state index in [9.17, 15) is 0 Å². The van der Waals surface area contributed by atoms with Crippen LogP contribution in [0.1, 0.15) is 46.2 Å². The summed E-state index contributed by atoms with van der Waals surface area (Å²) in [5, 5.41) is 6.75. The summed E-state index contributed by atoms with van der Waals surface area (Å²) in [6, 6.07) is 9.13. The minimum Gasteiger partial charge on any atom is -0.489 e. The van der Waals surface area contributed by atoms with Crippen LogP contribution in [0, 0.1) is 27.7 Å². The molecular formula is C25H34N2O2. The summed E-state index contributed by atoms with van der Waals surface area (Å²) in [5.74, 6) is 2.12. The standard InChI is InChI=1S/C25H34N2O2/c1-16-9-20(10-17(2)24(16)28-22-5-7-26-14-22)13-21-11-18(3)25(19(4)12-21)29-23-6-8-27-15-23/h9-12,22-23,26-27H,5-8,13-15H2,1-4H3. The molecule has 2 aliphatic heterocycles. The van der Waals surface area contributed by atoms with Gasteiger partial charge in [-0.05, 0) is 93.4 Å². The Kier molecular flexibility index (Phi) is 6.12. The SMILES string of the molecule is Cc1cc(Cc2cc(C)c(OC3CCNC3)c(C)c2)cc(C)c1OC1CCNC1. The van der Waals surface area contributed by atoms with Gasteiger partial charge in [-0.1, -0.05) is 24.3 Å². The lowest BCUT2D eigenvalue weighted by Crippen LogP contribution is -2.20. The summed E-state index contributed by atoms with van der Waals surface area (Å²) in [4.78, 5) is 0. The van der Waals surface area contributed by atoms with Crippen molar-refractivity contribution in [1.82, 2.24) is 10.6 Å². The summed E-state index contributed by atoms with van der Waals surface area (Å²) in [6.45, 7) is 12.7. The fourth-order valence-corrected chi connectivity index (χ4v) is 4.68. The fourth-order valence-electron chi connectivity index (χ4n) is 4.68. The van der Waals surface area contributed by atoms with E-state index in [2.05, 4.69) is 62.6 Å². The molecule has 0 spiro atoms. The number of rotatable bonds is 6. The summed E-state index contributed by atoms with van der Waals surface area (Å²) in [6.07, 6.45) is 3.70. The molecule has 2 atom stereocenters. The Balaban J connectivity index is 1.49. The van der Waals surface area contributed by atoms with Crippen LogP contribution in [-0.4, -0.2) is 38.4 Å². The minimum atomic E-state index is 0.297. The van der Waals surface area contributed by atoms with Gasteiger partial charge in [-0.25, -0.2) is 0 Å². The lowest BCUT2D eigenvalue weighted by atomic mass is 9.97. The third-order valence-corrected chi connectivity index (χ3v) is 6.05.